The number of hydrogen-bond acceptors (Lipinski definition) is 8. The van der Waals surface area contributed by atoms with E-state index in [2.05, 4.69) is 16.5 Å². The number of carbonyl (C=O) groups is 1. The SMILES string of the molecule is C=C(N)Sc1c(F)ccc(-c2c(Cl)cc3c(N4CC5CCC(C4)N5C=O)nc(OC)nc3c2F)c1C#N. The number of methoxy groups -OCH3 is 1. The van der Waals surface area contributed by atoms with Crippen molar-refractivity contribution in [3.8, 4) is 23.2 Å². The summed E-state index contributed by atoms with van der Waals surface area (Å²) in [6, 6.07) is 5.90. The zero-order valence-electron chi connectivity index (χ0n) is 19.7. The molecule has 0 saturated carbocycles. The van der Waals surface area contributed by atoms with Crippen molar-refractivity contribution in [3.05, 3.63) is 52.0 Å². The molecule has 37 heavy (non-hydrogen) atoms. The molecule has 1 amide bonds. The number of halogens is 3. The van der Waals surface area contributed by atoms with Crippen LogP contribution in [0.15, 0.2) is 34.7 Å². The van der Waals surface area contributed by atoms with E-state index in [9.17, 15) is 14.4 Å². The number of nitriles is 1. The van der Waals surface area contributed by atoms with Gasteiger partial charge in [-0.15, -0.1) is 0 Å². The summed E-state index contributed by atoms with van der Waals surface area (Å²) in [5.41, 5.74) is 5.44. The van der Waals surface area contributed by atoms with Gasteiger partial charge in [0.25, 0.3) is 0 Å². The lowest BCUT2D eigenvalue weighted by Crippen LogP contribution is -2.53. The molecular weight excluding hydrogens is 522 g/mol. The number of anilines is 1. The van der Waals surface area contributed by atoms with Crippen molar-refractivity contribution in [3.63, 3.8) is 0 Å². The monoisotopic (exact) mass is 542 g/mol. The quantitative estimate of drug-likeness (QED) is 0.360. The van der Waals surface area contributed by atoms with Crippen LogP contribution < -0.4 is 15.4 Å². The second-order valence-corrected chi connectivity index (χ2v) is 10.3. The van der Waals surface area contributed by atoms with E-state index in [0.29, 0.717) is 24.3 Å². The Kier molecular flexibility index (Phi) is 6.56. The standard InChI is InChI=1S/C25H21ClF2N6O2S/c1-12(30)37-23-17(8-29)15(5-6-19(23)27)20-18(26)7-16-22(21(20)28)31-25(36-2)32-24(16)33-9-13-3-4-14(10-33)34(13)11-35/h5-7,11,13-14H,1,3-4,9-10,30H2,2H3. The lowest BCUT2D eigenvalue weighted by molar-refractivity contribution is -0.121. The number of piperazine rings is 1. The van der Waals surface area contributed by atoms with E-state index in [4.69, 9.17) is 22.1 Å². The Bertz CT molecular complexity index is 1480. The summed E-state index contributed by atoms with van der Waals surface area (Å²) in [4.78, 5) is 24.0. The molecule has 2 saturated heterocycles. The highest BCUT2D eigenvalue weighted by Gasteiger charge is 2.40. The molecule has 2 N–H and O–H groups in total. The second kappa shape index (κ2) is 9.68. The van der Waals surface area contributed by atoms with Crippen LogP contribution in [0.1, 0.15) is 18.4 Å². The molecule has 0 aliphatic carbocycles. The Hall–Kier alpha value is -3.62. The third kappa shape index (κ3) is 4.20. The third-order valence-electron chi connectivity index (χ3n) is 6.71. The van der Waals surface area contributed by atoms with Gasteiger partial charge in [0.05, 0.1) is 27.6 Å². The second-order valence-electron chi connectivity index (χ2n) is 8.80. The summed E-state index contributed by atoms with van der Waals surface area (Å²) < 4.78 is 36.1. The summed E-state index contributed by atoms with van der Waals surface area (Å²) in [7, 11) is 1.38. The third-order valence-corrected chi connectivity index (χ3v) is 7.87. The number of ether oxygens (including phenoxy) is 1. The maximum absolute atomic E-state index is 16.2. The van der Waals surface area contributed by atoms with E-state index < -0.39 is 11.6 Å². The van der Waals surface area contributed by atoms with Crippen molar-refractivity contribution in [2.24, 2.45) is 5.73 Å². The Balaban J connectivity index is 1.70. The van der Waals surface area contributed by atoms with Gasteiger partial charge in [-0.1, -0.05) is 29.9 Å². The Labute approximate surface area is 220 Å². The van der Waals surface area contributed by atoms with Crippen LogP contribution >= 0.6 is 23.4 Å². The molecule has 2 aromatic carbocycles. The molecule has 5 rings (SSSR count). The summed E-state index contributed by atoms with van der Waals surface area (Å²) in [6.07, 6.45) is 2.62. The minimum atomic E-state index is -0.801. The largest absolute Gasteiger partial charge is 0.467 e. The molecule has 2 aliphatic rings. The minimum absolute atomic E-state index is 0.000138. The van der Waals surface area contributed by atoms with Crippen molar-refractivity contribution >= 4 is 46.5 Å². The average Bonchev–Trinajstić information content (AvgIpc) is 3.12. The maximum atomic E-state index is 16.2. The number of nitrogens with zero attached hydrogens (tertiary/aromatic N) is 5. The van der Waals surface area contributed by atoms with Crippen LogP contribution in [-0.2, 0) is 4.79 Å². The van der Waals surface area contributed by atoms with Gasteiger partial charge >= 0.3 is 6.01 Å². The number of thioether (sulfide) groups is 1. The molecule has 0 radical (unpaired) electrons. The number of aromatic nitrogens is 2. The van der Waals surface area contributed by atoms with Crippen LogP contribution in [0.3, 0.4) is 0 Å². The van der Waals surface area contributed by atoms with Gasteiger partial charge in [-0.3, -0.25) is 4.79 Å². The molecular formula is C25H21ClF2N6O2S. The van der Waals surface area contributed by atoms with Crippen LogP contribution in [-0.4, -0.2) is 53.6 Å². The van der Waals surface area contributed by atoms with Crippen molar-refractivity contribution < 1.29 is 18.3 Å². The van der Waals surface area contributed by atoms with E-state index in [1.54, 1.807) is 0 Å². The van der Waals surface area contributed by atoms with Crippen molar-refractivity contribution in [1.82, 2.24) is 14.9 Å². The molecule has 2 unspecified atom stereocenters. The predicted molar refractivity (Wildman–Crippen MR) is 137 cm³/mol. The highest BCUT2D eigenvalue weighted by molar-refractivity contribution is 8.03. The van der Waals surface area contributed by atoms with Gasteiger partial charge in [-0.05, 0) is 31.0 Å². The number of rotatable bonds is 6. The van der Waals surface area contributed by atoms with Crippen LogP contribution in [0.5, 0.6) is 6.01 Å². The number of amides is 1. The Morgan fingerprint density at radius 2 is 2.03 bits per heavy atom. The van der Waals surface area contributed by atoms with Crippen molar-refractivity contribution in [2.45, 2.75) is 29.8 Å². The summed E-state index contributed by atoms with van der Waals surface area (Å²) in [5.74, 6) is -1.05. The Morgan fingerprint density at radius 3 is 2.62 bits per heavy atom. The number of hydrogen-bond donors (Lipinski definition) is 1. The van der Waals surface area contributed by atoms with Crippen LogP contribution in [0.25, 0.3) is 22.0 Å². The first-order chi connectivity index (χ1) is 17.8. The number of carbonyl (C=O) groups excluding carboxylic acids is 1. The van der Waals surface area contributed by atoms with Crippen molar-refractivity contribution in [2.75, 3.05) is 25.1 Å². The van der Waals surface area contributed by atoms with E-state index in [0.717, 1.165) is 37.1 Å². The molecule has 1 aromatic heterocycles. The van der Waals surface area contributed by atoms with Gasteiger partial charge in [0.2, 0.25) is 6.41 Å². The highest BCUT2D eigenvalue weighted by atomic mass is 35.5. The lowest BCUT2D eigenvalue weighted by Gasteiger charge is -2.39. The molecule has 0 spiro atoms. The number of fused-ring (bicyclic) bond motifs is 3. The molecule has 12 heteroatoms. The molecule has 8 nitrogen and oxygen atoms in total. The van der Waals surface area contributed by atoms with Gasteiger partial charge in [0.15, 0.2) is 5.82 Å². The summed E-state index contributed by atoms with van der Waals surface area (Å²) in [5, 5.41) is 10.3. The van der Waals surface area contributed by atoms with Gasteiger partial charge in [0, 0.05) is 41.7 Å². The first-order valence-corrected chi connectivity index (χ1v) is 12.5. The first-order valence-electron chi connectivity index (χ1n) is 11.3. The highest BCUT2D eigenvalue weighted by Crippen LogP contribution is 2.43. The normalized spacial score (nSPS) is 18.7. The number of benzene rings is 2. The van der Waals surface area contributed by atoms with Crippen LogP contribution in [0.2, 0.25) is 5.02 Å². The van der Waals surface area contributed by atoms with Gasteiger partial charge in [0.1, 0.15) is 23.2 Å². The zero-order chi connectivity index (χ0) is 26.4. The summed E-state index contributed by atoms with van der Waals surface area (Å²) in [6.45, 7) is 4.59. The molecule has 2 bridgehead atoms. The maximum Gasteiger partial charge on any atom is 0.318 e. The molecule has 2 aliphatic heterocycles. The lowest BCUT2D eigenvalue weighted by atomic mass is 9.97. The van der Waals surface area contributed by atoms with E-state index in [-0.39, 0.29) is 55.2 Å². The molecule has 190 valence electrons. The molecule has 3 aromatic rings. The fourth-order valence-corrected chi connectivity index (χ4v) is 6.11. The van der Waals surface area contributed by atoms with Crippen molar-refractivity contribution in [1.29, 1.82) is 5.26 Å². The predicted octanol–water partition coefficient (Wildman–Crippen LogP) is 4.44. The van der Waals surface area contributed by atoms with Crippen LogP contribution in [0, 0.1) is 23.0 Å². The molecule has 3 heterocycles. The molecule has 2 fully saturated rings. The fraction of sp³-hybridized carbons (Fsp3) is 0.280. The van der Waals surface area contributed by atoms with E-state index in [1.807, 2.05) is 15.9 Å². The first kappa shape index (κ1) is 25.0. The van der Waals surface area contributed by atoms with E-state index in [1.165, 1.54) is 19.2 Å². The smallest absolute Gasteiger partial charge is 0.318 e. The minimum Gasteiger partial charge on any atom is -0.467 e. The van der Waals surface area contributed by atoms with Gasteiger partial charge in [-0.25, -0.2) is 8.78 Å². The Morgan fingerprint density at radius 1 is 1.32 bits per heavy atom. The van der Waals surface area contributed by atoms with Gasteiger partial charge in [-0.2, -0.15) is 15.2 Å². The number of nitrogens with two attached hydrogens (primary N) is 1. The van der Waals surface area contributed by atoms with E-state index >= 15 is 4.39 Å². The zero-order valence-corrected chi connectivity index (χ0v) is 21.2. The van der Waals surface area contributed by atoms with Crippen LogP contribution in [0.4, 0.5) is 14.6 Å². The summed E-state index contributed by atoms with van der Waals surface area (Å²) >= 11 is 7.39. The topological polar surface area (TPSA) is 108 Å². The molecule has 2 atom stereocenters. The van der Waals surface area contributed by atoms with Gasteiger partial charge < -0.3 is 20.3 Å². The average molecular weight is 543 g/mol. The fourth-order valence-electron chi connectivity index (χ4n) is 5.13.